The minimum atomic E-state index is -2.36. The van der Waals surface area contributed by atoms with Crippen LogP contribution >= 0.6 is 0 Å². The summed E-state index contributed by atoms with van der Waals surface area (Å²) < 4.78 is 25.0. The van der Waals surface area contributed by atoms with Crippen LogP contribution in [0, 0.1) is 5.92 Å². The predicted molar refractivity (Wildman–Crippen MR) is 57.5 cm³/mol. The average molecular weight is 242 g/mol. The van der Waals surface area contributed by atoms with E-state index < -0.39 is 18.3 Å². The van der Waals surface area contributed by atoms with E-state index in [4.69, 9.17) is 5.11 Å². The summed E-state index contributed by atoms with van der Waals surface area (Å²) in [6.07, 6.45) is -0.526. The van der Waals surface area contributed by atoms with Gasteiger partial charge in [-0.15, -0.1) is 0 Å². The second-order valence-electron chi connectivity index (χ2n) is 4.01. The minimum absolute atomic E-state index is 0.0578. The molecule has 0 aliphatic carbocycles. The van der Waals surface area contributed by atoms with E-state index >= 15 is 0 Å². The van der Waals surface area contributed by atoms with E-state index in [2.05, 4.69) is 4.98 Å². The quantitative estimate of drug-likeness (QED) is 0.879. The second kappa shape index (κ2) is 4.65. The van der Waals surface area contributed by atoms with Gasteiger partial charge in [0.1, 0.15) is 11.4 Å². The molecular formula is C11H12F2N2O2. The molecule has 0 radical (unpaired) electrons. The molecule has 1 saturated heterocycles. The van der Waals surface area contributed by atoms with Crippen molar-refractivity contribution < 1.29 is 18.7 Å². The largest absolute Gasteiger partial charge is 0.478 e. The van der Waals surface area contributed by atoms with Crippen LogP contribution in [0.3, 0.4) is 0 Å². The van der Waals surface area contributed by atoms with Crippen LogP contribution < -0.4 is 4.90 Å². The van der Waals surface area contributed by atoms with E-state index in [0.29, 0.717) is 13.0 Å². The standard InChI is InChI=1S/C11H12F2N2O2/c12-9(13)7-3-5-15(6-7)10-8(11(16)17)2-1-4-14-10/h1-2,4,7,9H,3,5-6H2,(H,16,17). The number of aromatic nitrogens is 1. The molecule has 1 atom stereocenters. The molecule has 1 unspecified atom stereocenters. The average Bonchev–Trinajstić information content (AvgIpc) is 2.78. The summed E-state index contributed by atoms with van der Waals surface area (Å²) in [6.45, 7) is 0.585. The molecule has 17 heavy (non-hydrogen) atoms. The molecule has 0 saturated carbocycles. The molecule has 2 heterocycles. The topological polar surface area (TPSA) is 53.4 Å². The summed E-state index contributed by atoms with van der Waals surface area (Å²) in [6, 6.07) is 2.95. The number of hydrogen-bond donors (Lipinski definition) is 1. The Balaban J connectivity index is 2.21. The van der Waals surface area contributed by atoms with Crippen LogP contribution in [-0.4, -0.2) is 35.6 Å². The van der Waals surface area contributed by atoms with Crippen LogP contribution in [0.5, 0.6) is 0 Å². The molecule has 1 fully saturated rings. The summed E-state index contributed by atoms with van der Waals surface area (Å²) >= 11 is 0. The first-order chi connectivity index (χ1) is 8.09. The first-order valence-corrected chi connectivity index (χ1v) is 5.31. The fraction of sp³-hybridized carbons (Fsp3) is 0.455. The van der Waals surface area contributed by atoms with Gasteiger partial charge in [-0.2, -0.15) is 0 Å². The van der Waals surface area contributed by atoms with Crippen molar-refractivity contribution in [2.75, 3.05) is 18.0 Å². The van der Waals surface area contributed by atoms with Crippen LogP contribution in [0.2, 0.25) is 0 Å². The maximum Gasteiger partial charge on any atom is 0.339 e. The van der Waals surface area contributed by atoms with Crippen LogP contribution in [-0.2, 0) is 0 Å². The van der Waals surface area contributed by atoms with E-state index in [9.17, 15) is 13.6 Å². The zero-order chi connectivity index (χ0) is 12.4. The number of carbonyl (C=O) groups is 1. The number of alkyl halides is 2. The van der Waals surface area contributed by atoms with Crippen LogP contribution in [0.4, 0.5) is 14.6 Å². The number of hydrogen-bond acceptors (Lipinski definition) is 3. The van der Waals surface area contributed by atoms with Gasteiger partial charge < -0.3 is 10.0 Å². The van der Waals surface area contributed by atoms with Gasteiger partial charge in [-0.1, -0.05) is 0 Å². The summed E-state index contributed by atoms with van der Waals surface area (Å²) in [5, 5.41) is 8.99. The Morgan fingerprint density at radius 2 is 2.35 bits per heavy atom. The molecule has 0 spiro atoms. The van der Waals surface area contributed by atoms with E-state index in [1.807, 2.05) is 0 Å². The first kappa shape index (κ1) is 11.8. The van der Waals surface area contributed by atoms with Crippen molar-refractivity contribution in [1.29, 1.82) is 0 Å². The minimum Gasteiger partial charge on any atom is -0.478 e. The number of carboxylic acids is 1. The number of carboxylic acid groups (broad SMARTS) is 1. The fourth-order valence-electron chi connectivity index (χ4n) is 2.00. The highest BCUT2D eigenvalue weighted by Gasteiger charge is 2.31. The Hall–Kier alpha value is -1.72. The smallest absolute Gasteiger partial charge is 0.339 e. The van der Waals surface area contributed by atoms with Gasteiger partial charge >= 0.3 is 5.97 Å². The van der Waals surface area contributed by atoms with E-state index in [-0.39, 0.29) is 17.9 Å². The van der Waals surface area contributed by atoms with Crippen molar-refractivity contribution in [2.24, 2.45) is 5.92 Å². The summed E-state index contributed by atoms with van der Waals surface area (Å²) in [5.41, 5.74) is 0.0578. The highest BCUT2D eigenvalue weighted by atomic mass is 19.3. The highest BCUT2D eigenvalue weighted by Crippen LogP contribution is 2.28. The van der Waals surface area contributed by atoms with Gasteiger partial charge in [0.15, 0.2) is 0 Å². The number of pyridine rings is 1. The molecule has 4 nitrogen and oxygen atoms in total. The molecule has 0 bridgehead atoms. The molecule has 1 N–H and O–H groups in total. The molecule has 2 rings (SSSR count). The van der Waals surface area contributed by atoms with Crippen molar-refractivity contribution in [2.45, 2.75) is 12.8 Å². The maximum atomic E-state index is 12.5. The zero-order valence-corrected chi connectivity index (χ0v) is 9.01. The van der Waals surface area contributed by atoms with Gasteiger partial charge in [0, 0.05) is 25.2 Å². The third-order valence-electron chi connectivity index (χ3n) is 2.90. The van der Waals surface area contributed by atoms with Crippen LogP contribution in [0.1, 0.15) is 16.8 Å². The van der Waals surface area contributed by atoms with Crippen LogP contribution in [0.25, 0.3) is 0 Å². The molecule has 1 aliphatic rings. The Labute approximate surface area is 96.9 Å². The zero-order valence-electron chi connectivity index (χ0n) is 9.01. The van der Waals surface area contributed by atoms with Crippen LogP contribution in [0.15, 0.2) is 18.3 Å². The predicted octanol–water partition coefficient (Wildman–Crippen LogP) is 1.87. The third-order valence-corrected chi connectivity index (χ3v) is 2.90. The Morgan fingerprint density at radius 1 is 1.59 bits per heavy atom. The fourth-order valence-corrected chi connectivity index (χ4v) is 2.00. The highest BCUT2D eigenvalue weighted by molar-refractivity contribution is 5.93. The Morgan fingerprint density at radius 3 is 2.94 bits per heavy atom. The number of anilines is 1. The van der Waals surface area contributed by atoms with Gasteiger partial charge in [-0.25, -0.2) is 18.6 Å². The van der Waals surface area contributed by atoms with Gasteiger partial charge in [0.25, 0.3) is 0 Å². The van der Waals surface area contributed by atoms with E-state index in [0.717, 1.165) is 0 Å². The number of nitrogens with zero attached hydrogens (tertiary/aromatic N) is 2. The number of halogens is 2. The summed E-state index contributed by atoms with van der Waals surface area (Å²) in [7, 11) is 0. The lowest BCUT2D eigenvalue weighted by atomic mass is 10.1. The molecule has 1 aromatic heterocycles. The lowest BCUT2D eigenvalue weighted by Crippen LogP contribution is -2.24. The third kappa shape index (κ3) is 2.35. The van der Waals surface area contributed by atoms with Crippen molar-refractivity contribution in [3.63, 3.8) is 0 Å². The van der Waals surface area contributed by atoms with Crippen molar-refractivity contribution in [3.8, 4) is 0 Å². The van der Waals surface area contributed by atoms with Gasteiger partial charge in [0.05, 0.1) is 0 Å². The van der Waals surface area contributed by atoms with Crippen molar-refractivity contribution in [1.82, 2.24) is 4.98 Å². The SMILES string of the molecule is O=C(O)c1cccnc1N1CCC(C(F)F)C1. The number of rotatable bonds is 3. The number of aromatic carboxylic acids is 1. The van der Waals surface area contributed by atoms with Gasteiger partial charge in [0.2, 0.25) is 6.43 Å². The summed E-state index contributed by atoms with van der Waals surface area (Å²) in [4.78, 5) is 16.6. The van der Waals surface area contributed by atoms with E-state index in [1.165, 1.54) is 18.3 Å². The van der Waals surface area contributed by atoms with Crippen molar-refractivity contribution >= 4 is 11.8 Å². The molecule has 1 aromatic rings. The van der Waals surface area contributed by atoms with Crippen molar-refractivity contribution in [3.05, 3.63) is 23.9 Å². The first-order valence-electron chi connectivity index (χ1n) is 5.31. The normalized spacial score (nSPS) is 19.9. The molecular weight excluding hydrogens is 230 g/mol. The van der Waals surface area contributed by atoms with Gasteiger partial charge in [-0.05, 0) is 18.6 Å². The molecule has 1 aliphatic heterocycles. The monoisotopic (exact) mass is 242 g/mol. The molecule has 92 valence electrons. The Bertz CT molecular complexity index is 426. The molecule has 0 aromatic carbocycles. The lowest BCUT2D eigenvalue weighted by Gasteiger charge is -2.19. The summed E-state index contributed by atoms with van der Waals surface area (Å²) in [5.74, 6) is -1.50. The Kier molecular flexibility index (Phi) is 3.21. The maximum absolute atomic E-state index is 12.5. The van der Waals surface area contributed by atoms with Gasteiger partial charge in [-0.3, -0.25) is 0 Å². The lowest BCUT2D eigenvalue weighted by molar-refractivity contribution is 0.0697. The van der Waals surface area contributed by atoms with E-state index in [1.54, 1.807) is 4.90 Å². The molecule has 6 heteroatoms. The molecule has 0 amide bonds. The second-order valence-corrected chi connectivity index (χ2v) is 4.01.